The molecule has 3 aromatic rings. The van der Waals surface area contributed by atoms with Gasteiger partial charge in [0.25, 0.3) is 0 Å². The second-order valence-electron chi connectivity index (χ2n) is 4.29. The van der Waals surface area contributed by atoms with Crippen LogP contribution in [0.4, 0.5) is 0 Å². The van der Waals surface area contributed by atoms with Crippen molar-refractivity contribution in [2.75, 3.05) is 0 Å². The van der Waals surface area contributed by atoms with E-state index in [2.05, 4.69) is 41.6 Å². The fourth-order valence-corrected chi connectivity index (χ4v) is 2.06. The maximum atomic E-state index is 4.94. The molecule has 0 saturated heterocycles. The van der Waals surface area contributed by atoms with Crippen molar-refractivity contribution in [3.05, 3.63) is 51.8 Å². The zero-order chi connectivity index (χ0) is 13.9. The van der Waals surface area contributed by atoms with Gasteiger partial charge in [0.1, 0.15) is 6.54 Å². The molecule has 102 valence electrons. The molecule has 2 aromatic heterocycles. The Bertz CT molecular complexity index is 705. The van der Waals surface area contributed by atoms with Crippen LogP contribution in [0.1, 0.15) is 23.1 Å². The highest BCUT2D eigenvalue weighted by molar-refractivity contribution is 9.10. The van der Waals surface area contributed by atoms with Crippen LogP contribution in [0.25, 0.3) is 0 Å². The first-order chi connectivity index (χ1) is 9.70. The molecule has 0 bridgehead atoms. The second kappa shape index (κ2) is 5.49. The van der Waals surface area contributed by atoms with E-state index in [4.69, 9.17) is 4.52 Å². The molecule has 0 aliphatic carbocycles. The van der Waals surface area contributed by atoms with Crippen molar-refractivity contribution in [1.82, 2.24) is 30.3 Å². The summed E-state index contributed by atoms with van der Waals surface area (Å²) in [6, 6.07) is 8.04. The summed E-state index contributed by atoms with van der Waals surface area (Å²) in [7, 11) is 0. The molecule has 0 radical (unpaired) electrons. The summed E-state index contributed by atoms with van der Waals surface area (Å²) < 4.78 is 7.65. The summed E-state index contributed by atoms with van der Waals surface area (Å²) in [5, 5.41) is 15.5. The standard InChI is InChI=1S/C12H11BrN6O/c1-8-14-11(16-20-8)7-19-12(15-17-18-19)6-9-2-4-10(13)5-3-9/h2-5H,6-7H2,1H3. The number of nitrogens with zero attached hydrogens (tertiary/aromatic N) is 6. The van der Waals surface area contributed by atoms with Gasteiger partial charge in [0.05, 0.1) is 0 Å². The van der Waals surface area contributed by atoms with Crippen molar-refractivity contribution in [2.24, 2.45) is 0 Å². The van der Waals surface area contributed by atoms with Gasteiger partial charge >= 0.3 is 0 Å². The number of halogens is 1. The molecule has 0 aliphatic rings. The summed E-state index contributed by atoms with van der Waals surface area (Å²) in [5.74, 6) is 1.85. The molecule has 0 N–H and O–H groups in total. The number of aromatic nitrogens is 6. The molecule has 0 aliphatic heterocycles. The third-order valence-corrected chi connectivity index (χ3v) is 3.27. The molecule has 0 saturated carbocycles. The topological polar surface area (TPSA) is 82.5 Å². The van der Waals surface area contributed by atoms with Gasteiger partial charge in [-0.15, -0.1) is 5.10 Å². The summed E-state index contributed by atoms with van der Waals surface area (Å²) in [6.07, 6.45) is 0.650. The van der Waals surface area contributed by atoms with Gasteiger partial charge in [-0.1, -0.05) is 33.2 Å². The fourth-order valence-electron chi connectivity index (χ4n) is 1.80. The van der Waals surface area contributed by atoms with E-state index in [1.807, 2.05) is 24.3 Å². The van der Waals surface area contributed by atoms with Crippen LogP contribution in [0.2, 0.25) is 0 Å². The Morgan fingerprint density at radius 2 is 2.05 bits per heavy atom. The predicted octanol–water partition coefficient (Wildman–Crippen LogP) is 1.77. The zero-order valence-corrected chi connectivity index (χ0v) is 12.3. The first kappa shape index (κ1) is 12.9. The number of tetrazole rings is 1. The first-order valence-electron chi connectivity index (χ1n) is 5.99. The van der Waals surface area contributed by atoms with Gasteiger partial charge in [0.2, 0.25) is 5.89 Å². The normalized spacial score (nSPS) is 10.9. The Labute approximate surface area is 123 Å². The minimum absolute atomic E-state index is 0.399. The Morgan fingerprint density at radius 1 is 1.25 bits per heavy atom. The molecular weight excluding hydrogens is 324 g/mol. The number of hydrogen-bond acceptors (Lipinski definition) is 6. The summed E-state index contributed by atoms with van der Waals surface area (Å²) in [4.78, 5) is 4.14. The number of hydrogen-bond donors (Lipinski definition) is 0. The number of benzene rings is 1. The predicted molar refractivity (Wildman–Crippen MR) is 72.9 cm³/mol. The van der Waals surface area contributed by atoms with Gasteiger partial charge in [-0.2, -0.15) is 4.98 Å². The summed E-state index contributed by atoms with van der Waals surface area (Å²) in [5.41, 5.74) is 1.13. The van der Waals surface area contributed by atoms with E-state index in [1.165, 1.54) is 0 Å². The lowest BCUT2D eigenvalue weighted by atomic mass is 10.1. The Balaban J connectivity index is 1.78. The van der Waals surface area contributed by atoms with Crippen LogP contribution in [0.15, 0.2) is 33.3 Å². The van der Waals surface area contributed by atoms with E-state index in [1.54, 1.807) is 11.6 Å². The zero-order valence-electron chi connectivity index (χ0n) is 10.7. The molecule has 2 heterocycles. The van der Waals surface area contributed by atoms with E-state index in [-0.39, 0.29) is 0 Å². The Hall–Kier alpha value is -2.09. The van der Waals surface area contributed by atoms with Crippen LogP contribution in [0, 0.1) is 6.92 Å². The smallest absolute Gasteiger partial charge is 0.223 e. The van der Waals surface area contributed by atoms with E-state index >= 15 is 0 Å². The maximum absolute atomic E-state index is 4.94. The maximum Gasteiger partial charge on any atom is 0.223 e. The molecular formula is C12H11BrN6O. The molecule has 0 atom stereocenters. The van der Waals surface area contributed by atoms with Gasteiger partial charge in [-0.3, -0.25) is 0 Å². The van der Waals surface area contributed by atoms with Crippen LogP contribution < -0.4 is 0 Å². The van der Waals surface area contributed by atoms with Crippen LogP contribution >= 0.6 is 15.9 Å². The Kier molecular flexibility index (Phi) is 3.55. The quantitative estimate of drug-likeness (QED) is 0.723. The lowest BCUT2D eigenvalue weighted by Gasteiger charge is -2.02. The molecule has 3 rings (SSSR count). The highest BCUT2D eigenvalue weighted by Crippen LogP contribution is 2.13. The van der Waals surface area contributed by atoms with Crippen molar-refractivity contribution in [2.45, 2.75) is 19.9 Å². The van der Waals surface area contributed by atoms with Gasteiger partial charge in [0, 0.05) is 17.8 Å². The Morgan fingerprint density at radius 3 is 2.75 bits per heavy atom. The van der Waals surface area contributed by atoms with E-state index in [0.29, 0.717) is 24.7 Å². The average molecular weight is 335 g/mol. The van der Waals surface area contributed by atoms with E-state index < -0.39 is 0 Å². The van der Waals surface area contributed by atoms with Crippen molar-refractivity contribution >= 4 is 15.9 Å². The molecule has 0 spiro atoms. The molecule has 1 aromatic carbocycles. The largest absolute Gasteiger partial charge is 0.340 e. The molecule has 7 nitrogen and oxygen atoms in total. The SMILES string of the molecule is Cc1nc(Cn2nnnc2Cc2ccc(Br)cc2)no1. The minimum atomic E-state index is 0.399. The third kappa shape index (κ3) is 2.90. The van der Waals surface area contributed by atoms with Crippen molar-refractivity contribution in [1.29, 1.82) is 0 Å². The first-order valence-corrected chi connectivity index (χ1v) is 6.78. The van der Waals surface area contributed by atoms with Crippen LogP contribution in [0.3, 0.4) is 0 Å². The molecule has 8 heteroatoms. The third-order valence-electron chi connectivity index (χ3n) is 2.74. The van der Waals surface area contributed by atoms with Crippen LogP contribution in [-0.4, -0.2) is 30.3 Å². The monoisotopic (exact) mass is 334 g/mol. The number of aryl methyl sites for hydroxylation is 1. The summed E-state index contributed by atoms with van der Waals surface area (Å²) >= 11 is 3.41. The summed E-state index contributed by atoms with van der Waals surface area (Å²) in [6.45, 7) is 2.15. The highest BCUT2D eigenvalue weighted by atomic mass is 79.9. The van der Waals surface area contributed by atoms with Crippen molar-refractivity contribution in [3.63, 3.8) is 0 Å². The van der Waals surface area contributed by atoms with Crippen LogP contribution in [0.5, 0.6) is 0 Å². The molecule has 20 heavy (non-hydrogen) atoms. The van der Waals surface area contributed by atoms with Crippen molar-refractivity contribution in [3.8, 4) is 0 Å². The van der Waals surface area contributed by atoms with Gasteiger partial charge in [-0.05, 0) is 28.1 Å². The second-order valence-corrected chi connectivity index (χ2v) is 5.20. The fraction of sp³-hybridized carbons (Fsp3) is 0.250. The number of rotatable bonds is 4. The molecule has 0 amide bonds. The van der Waals surface area contributed by atoms with Gasteiger partial charge in [0.15, 0.2) is 11.6 Å². The lowest BCUT2D eigenvalue weighted by molar-refractivity contribution is 0.384. The molecule has 0 fully saturated rings. The van der Waals surface area contributed by atoms with E-state index in [9.17, 15) is 0 Å². The average Bonchev–Trinajstić information content (AvgIpc) is 3.03. The highest BCUT2D eigenvalue weighted by Gasteiger charge is 2.10. The van der Waals surface area contributed by atoms with Crippen LogP contribution in [-0.2, 0) is 13.0 Å². The van der Waals surface area contributed by atoms with Crippen molar-refractivity contribution < 1.29 is 4.52 Å². The molecule has 0 unspecified atom stereocenters. The minimum Gasteiger partial charge on any atom is -0.340 e. The lowest BCUT2D eigenvalue weighted by Crippen LogP contribution is -2.09. The van der Waals surface area contributed by atoms with E-state index in [0.717, 1.165) is 15.9 Å². The van der Waals surface area contributed by atoms with Gasteiger partial charge in [-0.25, -0.2) is 4.68 Å². The van der Waals surface area contributed by atoms with Gasteiger partial charge < -0.3 is 4.52 Å².